The van der Waals surface area contributed by atoms with Crippen LogP contribution in [0.4, 0.5) is 5.82 Å². The molecule has 0 aliphatic carbocycles. The number of carbonyl (C=O) groups excluding carboxylic acids is 1. The van der Waals surface area contributed by atoms with E-state index in [-0.39, 0.29) is 24.8 Å². The average molecular weight is 614 g/mol. The molecule has 1 fully saturated rings. The lowest BCUT2D eigenvalue weighted by atomic mass is 10.0. The topological polar surface area (TPSA) is 102 Å². The van der Waals surface area contributed by atoms with Crippen LogP contribution in [-0.4, -0.2) is 43.2 Å². The number of carbonyl (C=O) groups is 1. The van der Waals surface area contributed by atoms with Gasteiger partial charge in [-0.05, 0) is 19.3 Å². The Hall–Kier alpha value is -2.06. The summed E-state index contributed by atoms with van der Waals surface area (Å²) in [5.74, 6) is 0.421. The molecule has 1 amide bonds. The quantitative estimate of drug-likeness (QED) is 0.0972. The third kappa shape index (κ3) is 14.4. The van der Waals surface area contributed by atoms with Gasteiger partial charge in [-0.1, -0.05) is 148 Å². The number of anilines is 1. The number of aliphatic hydroxyl groups excluding tert-OH is 1. The molecule has 0 radical (unpaired) electrons. The monoisotopic (exact) mass is 613 g/mol. The van der Waals surface area contributed by atoms with E-state index in [0.717, 1.165) is 25.7 Å². The Morgan fingerprint density at radius 2 is 1.25 bits per heavy atom. The van der Waals surface area contributed by atoms with Crippen LogP contribution >= 0.6 is 0 Å². The second kappa shape index (κ2) is 23.3. The fourth-order valence-electron chi connectivity index (χ4n) is 6.45. The molecule has 0 saturated carbocycles. The third-order valence-corrected chi connectivity index (χ3v) is 9.22. The van der Waals surface area contributed by atoms with Gasteiger partial charge in [-0.2, -0.15) is 0 Å². The summed E-state index contributed by atoms with van der Waals surface area (Å²) >= 11 is 0. The number of ether oxygens (including phenoxy) is 1. The van der Waals surface area contributed by atoms with Crippen LogP contribution in [0.1, 0.15) is 180 Å². The maximum absolute atomic E-state index is 12.6. The van der Waals surface area contributed by atoms with E-state index in [1.807, 2.05) is 4.57 Å². The van der Waals surface area contributed by atoms with Crippen LogP contribution in [0, 0.1) is 0 Å². The molecule has 1 saturated heterocycles. The minimum atomic E-state index is -0.204. The summed E-state index contributed by atoms with van der Waals surface area (Å²) in [7, 11) is 0. The number of imidazole rings is 1. The van der Waals surface area contributed by atoms with E-state index in [4.69, 9.17) is 4.74 Å². The Morgan fingerprint density at radius 1 is 0.750 bits per heavy atom. The predicted molar refractivity (Wildman–Crippen MR) is 181 cm³/mol. The van der Waals surface area contributed by atoms with Crippen LogP contribution < -0.4 is 5.32 Å². The van der Waals surface area contributed by atoms with Gasteiger partial charge in [-0.3, -0.25) is 9.36 Å². The summed E-state index contributed by atoms with van der Waals surface area (Å²) < 4.78 is 7.73. The second-order valence-corrected chi connectivity index (χ2v) is 13.1. The normalized spacial score (nSPS) is 16.7. The summed E-state index contributed by atoms with van der Waals surface area (Å²) in [5, 5.41) is 12.3. The van der Waals surface area contributed by atoms with Crippen LogP contribution in [-0.2, 0) is 9.53 Å². The lowest BCUT2D eigenvalue weighted by Gasteiger charge is -2.13. The second-order valence-electron chi connectivity index (χ2n) is 13.1. The van der Waals surface area contributed by atoms with Crippen LogP contribution in [0.5, 0.6) is 0 Å². The van der Waals surface area contributed by atoms with Gasteiger partial charge in [0.15, 0.2) is 17.0 Å². The Balaban J connectivity index is 1.09. The molecule has 1 aliphatic rings. The van der Waals surface area contributed by atoms with Gasteiger partial charge >= 0.3 is 0 Å². The number of nitrogens with zero attached hydrogens (tertiary/aromatic N) is 4. The van der Waals surface area contributed by atoms with E-state index >= 15 is 0 Å². The summed E-state index contributed by atoms with van der Waals surface area (Å²) in [6.07, 6.45) is 36.3. The largest absolute Gasteiger partial charge is 0.394 e. The van der Waals surface area contributed by atoms with Crippen molar-refractivity contribution in [1.29, 1.82) is 0 Å². The molecule has 8 heteroatoms. The first-order chi connectivity index (χ1) is 21.7. The van der Waals surface area contributed by atoms with E-state index in [2.05, 4.69) is 27.2 Å². The highest BCUT2D eigenvalue weighted by Crippen LogP contribution is 2.31. The van der Waals surface area contributed by atoms with Gasteiger partial charge in [0, 0.05) is 6.42 Å². The number of aliphatic hydroxyl groups is 1. The molecular weight excluding hydrogens is 550 g/mol. The van der Waals surface area contributed by atoms with Crippen LogP contribution in [0.3, 0.4) is 0 Å². The smallest absolute Gasteiger partial charge is 0.225 e. The molecule has 0 bridgehead atoms. The molecule has 3 heterocycles. The predicted octanol–water partition coefficient (Wildman–Crippen LogP) is 9.82. The van der Waals surface area contributed by atoms with Crippen molar-refractivity contribution in [2.75, 3.05) is 11.9 Å². The molecule has 250 valence electrons. The van der Waals surface area contributed by atoms with Crippen molar-refractivity contribution in [3.8, 4) is 0 Å². The van der Waals surface area contributed by atoms with Crippen molar-refractivity contribution >= 4 is 22.9 Å². The zero-order valence-corrected chi connectivity index (χ0v) is 28.0. The van der Waals surface area contributed by atoms with Crippen LogP contribution in [0.2, 0.25) is 0 Å². The first-order valence-electron chi connectivity index (χ1n) is 18.5. The van der Waals surface area contributed by atoms with E-state index in [0.29, 0.717) is 23.4 Å². The van der Waals surface area contributed by atoms with E-state index in [1.54, 1.807) is 6.33 Å². The number of hydrogen-bond acceptors (Lipinski definition) is 6. The number of amides is 1. The Kier molecular flexibility index (Phi) is 19.3. The number of hydrogen-bond donors (Lipinski definition) is 2. The molecule has 2 N–H and O–H groups in total. The summed E-state index contributed by atoms with van der Waals surface area (Å²) in [5.41, 5.74) is 1.21. The van der Waals surface area contributed by atoms with Gasteiger partial charge in [-0.25, -0.2) is 15.0 Å². The zero-order valence-electron chi connectivity index (χ0n) is 28.0. The highest BCUT2D eigenvalue weighted by atomic mass is 16.5. The highest BCUT2D eigenvalue weighted by Gasteiger charge is 2.28. The molecule has 0 aromatic carbocycles. The van der Waals surface area contributed by atoms with Gasteiger partial charge in [0.1, 0.15) is 12.6 Å². The van der Waals surface area contributed by atoms with Crippen molar-refractivity contribution < 1.29 is 14.6 Å². The first-order valence-corrected chi connectivity index (χ1v) is 18.5. The van der Waals surface area contributed by atoms with E-state index in [9.17, 15) is 9.90 Å². The lowest BCUT2D eigenvalue weighted by Crippen LogP contribution is -2.15. The van der Waals surface area contributed by atoms with Crippen molar-refractivity contribution in [2.45, 2.75) is 186 Å². The Morgan fingerprint density at radius 3 is 1.73 bits per heavy atom. The van der Waals surface area contributed by atoms with E-state index in [1.165, 1.54) is 141 Å². The van der Waals surface area contributed by atoms with Gasteiger partial charge in [0.05, 0.1) is 19.0 Å². The maximum Gasteiger partial charge on any atom is 0.225 e. The summed E-state index contributed by atoms with van der Waals surface area (Å²) in [6, 6.07) is 0. The highest BCUT2D eigenvalue weighted by molar-refractivity contribution is 5.96. The molecule has 44 heavy (non-hydrogen) atoms. The first kappa shape index (κ1) is 36.4. The van der Waals surface area contributed by atoms with Crippen LogP contribution in [0.15, 0.2) is 12.7 Å². The molecule has 3 rings (SSSR count). The average Bonchev–Trinajstić information content (AvgIpc) is 3.69. The standard InChI is InChI=1S/C36H63N5O3/c1-2-3-4-5-6-7-8-9-10-11-12-13-14-15-16-17-18-19-20-21-22-23-24-25-32(43)40-35-34-36(38-29-37-35)41(30-39-34)33-27-26-31(28-42)44-33/h29-31,33,42H,2-28H2,1H3,(H,37,38,40,43)/t31-,33+/m0/s1. The molecule has 8 nitrogen and oxygen atoms in total. The number of unbranched alkanes of at least 4 members (excludes halogenated alkanes) is 22. The van der Waals surface area contributed by atoms with Crippen molar-refractivity contribution in [3.05, 3.63) is 12.7 Å². The molecule has 2 aromatic rings. The molecule has 0 spiro atoms. The van der Waals surface area contributed by atoms with Crippen molar-refractivity contribution in [3.63, 3.8) is 0 Å². The summed E-state index contributed by atoms with van der Waals surface area (Å²) in [4.78, 5) is 25.6. The van der Waals surface area contributed by atoms with Gasteiger partial charge in [0.2, 0.25) is 5.91 Å². The third-order valence-electron chi connectivity index (χ3n) is 9.22. The molecule has 2 aromatic heterocycles. The minimum Gasteiger partial charge on any atom is -0.394 e. The zero-order chi connectivity index (χ0) is 31.1. The van der Waals surface area contributed by atoms with Gasteiger partial charge in [-0.15, -0.1) is 0 Å². The fourth-order valence-corrected chi connectivity index (χ4v) is 6.45. The summed E-state index contributed by atoms with van der Waals surface area (Å²) in [6.45, 7) is 2.30. The Bertz CT molecular complexity index is 1010. The number of nitrogens with one attached hydrogen (secondary N) is 1. The molecule has 0 unspecified atom stereocenters. The van der Waals surface area contributed by atoms with Crippen molar-refractivity contribution in [1.82, 2.24) is 19.5 Å². The van der Waals surface area contributed by atoms with Gasteiger partial charge in [0.25, 0.3) is 0 Å². The van der Waals surface area contributed by atoms with Crippen molar-refractivity contribution in [2.24, 2.45) is 0 Å². The lowest BCUT2D eigenvalue weighted by molar-refractivity contribution is -0.116. The fraction of sp³-hybridized carbons (Fsp3) is 0.833. The molecular formula is C36H63N5O3. The van der Waals surface area contributed by atoms with Crippen LogP contribution in [0.25, 0.3) is 11.2 Å². The van der Waals surface area contributed by atoms with E-state index < -0.39 is 0 Å². The number of fused-ring (bicyclic) bond motifs is 1. The number of rotatable bonds is 27. The number of aromatic nitrogens is 4. The minimum absolute atomic E-state index is 0.0129. The SMILES string of the molecule is CCCCCCCCCCCCCCCCCCCCCCCCCC(=O)Nc1ncnc2c1ncn2[C@H]1CC[C@@H](CO)O1. The maximum atomic E-state index is 12.6. The van der Waals surface area contributed by atoms with Gasteiger partial charge < -0.3 is 15.2 Å². The Labute approximate surface area is 267 Å². The molecule has 2 atom stereocenters. The molecule has 1 aliphatic heterocycles.